The number of aliphatic imine (C=N–C) groups is 1. The Kier molecular flexibility index (Phi) is 6.35. The number of carbonyl (C=O) groups is 1. The Morgan fingerprint density at radius 1 is 1.00 bits per heavy atom. The number of carbonyl (C=O) groups excluding carboxylic acids is 1. The van der Waals surface area contributed by atoms with Gasteiger partial charge in [-0.05, 0) is 60.9 Å². The number of likely N-dealkylation sites (tertiary alicyclic amines) is 1. The number of ether oxygens (including phenoxy) is 1. The lowest BCUT2D eigenvalue weighted by atomic mass is 10.1. The van der Waals surface area contributed by atoms with Crippen LogP contribution in [0.15, 0.2) is 58.4 Å². The number of benzene rings is 2. The summed E-state index contributed by atoms with van der Waals surface area (Å²) in [6, 6.07) is 16.2. The van der Waals surface area contributed by atoms with Gasteiger partial charge in [0.1, 0.15) is 12.4 Å². The average Bonchev–Trinajstić information content (AvgIpc) is 2.94. The van der Waals surface area contributed by atoms with E-state index in [1.165, 1.54) is 43.0 Å². The van der Waals surface area contributed by atoms with Gasteiger partial charge < -0.3 is 9.64 Å². The molecule has 4 rings (SSSR count). The lowest BCUT2D eigenvalue weighted by Gasteiger charge is -2.20. The fourth-order valence-corrected chi connectivity index (χ4v) is 4.42. The molecular formula is C24H26N2O2S. The largest absolute Gasteiger partial charge is 0.489 e. The van der Waals surface area contributed by atoms with Gasteiger partial charge in [-0.2, -0.15) is 4.99 Å². The molecule has 0 radical (unpaired) electrons. The van der Waals surface area contributed by atoms with Gasteiger partial charge in [-0.3, -0.25) is 4.79 Å². The van der Waals surface area contributed by atoms with Crippen molar-refractivity contribution in [2.24, 2.45) is 4.99 Å². The number of hydrogen-bond acceptors (Lipinski definition) is 4. The van der Waals surface area contributed by atoms with Crippen molar-refractivity contribution in [3.63, 3.8) is 0 Å². The highest BCUT2D eigenvalue weighted by molar-refractivity contribution is 8.18. The van der Waals surface area contributed by atoms with Gasteiger partial charge in [-0.25, -0.2) is 0 Å². The first-order valence-electron chi connectivity index (χ1n) is 10.2. The maximum Gasteiger partial charge on any atom is 0.286 e. The highest BCUT2D eigenvalue weighted by Gasteiger charge is 2.26. The van der Waals surface area contributed by atoms with E-state index in [-0.39, 0.29) is 5.91 Å². The molecule has 0 bridgehead atoms. The van der Waals surface area contributed by atoms with Gasteiger partial charge in [0.15, 0.2) is 5.17 Å². The second kappa shape index (κ2) is 9.31. The van der Waals surface area contributed by atoms with Gasteiger partial charge in [0.2, 0.25) is 0 Å². The maximum absolute atomic E-state index is 12.3. The number of amides is 1. The van der Waals surface area contributed by atoms with E-state index in [0.717, 1.165) is 35.1 Å². The van der Waals surface area contributed by atoms with Crippen LogP contribution in [-0.2, 0) is 11.4 Å². The molecule has 0 spiro atoms. The first kappa shape index (κ1) is 19.8. The number of nitrogens with zero attached hydrogens (tertiary/aromatic N) is 2. The molecule has 2 aromatic carbocycles. The zero-order valence-electron chi connectivity index (χ0n) is 16.8. The van der Waals surface area contributed by atoms with Crippen LogP contribution < -0.4 is 4.74 Å². The zero-order chi connectivity index (χ0) is 20.1. The lowest BCUT2D eigenvalue weighted by Crippen LogP contribution is -2.28. The smallest absolute Gasteiger partial charge is 0.286 e. The fourth-order valence-electron chi connectivity index (χ4n) is 3.46. The number of aryl methyl sites for hydroxylation is 1. The van der Waals surface area contributed by atoms with E-state index >= 15 is 0 Å². The van der Waals surface area contributed by atoms with Gasteiger partial charge >= 0.3 is 0 Å². The average molecular weight is 407 g/mol. The van der Waals surface area contributed by atoms with Crippen LogP contribution in [0.4, 0.5) is 0 Å². The van der Waals surface area contributed by atoms with Crippen LogP contribution in [0.5, 0.6) is 5.75 Å². The molecule has 1 amide bonds. The summed E-state index contributed by atoms with van der Waals surface area (Å²) in [6.07, 6.45) is 6.81. The van der Waals surface area contributed by atoms with Crippen molar-refractivity contribution < 1.29 is 9.53 Å². The lowest BCUT2D eigenvalue weighted by molar-refractivity contribution is -0.113. The molecule has 2 aliphatic rings. The van der Waals surface area contributed by atoms with Crippen molar-refractivity contribution in [3.05, 3.63) is 70.1 Å². The van der Waals surface area contributed by atoms with E-state index in [4.69, 9.17) is 4.74 Å². The third-order valence-electron chi connectivity index (χ3n) is 5.19. The fraction of sp³-hybridized carbons (Fsp3) is 0.333. The Hall–Kier alpha value is -2.53. The Morgan fingerprint density at radius 3 is 2.38 bits per heavy atom. The van der Waals surface area contributed by atoms with Crippen LogP contribution in [-0.4, -0.2) is 29.1 Å². The van der Waals surface area contributed by atoms with Crippen molar-refractivity contribution in [1.82, 2.24) is 4.90 Å². The molecule has 1 saturated heterocycles. The molecule has 150 valence electrons. The second-order valence-corrected chi connectivity index (χ2v) is 8.56. The SMILES string of the molecule is Cc1ccc(COc2ccc(/C=C3\SC(N4CCCCCC4)=NC3=O)cc2)cc1. The van der Waals surface area contributed by atoms with Gasteiger partial charge in [0.05, 0.1) is 4.91 Å². The molecule has 0 atom stereocenters. The molecule has 29 heavy (non-hydrogen) atoms. The highest BCUT2D eigenvalue weighted by atomic mass is 32.2. The summed E-state index contributed by atoms with van der Waals surface area (Å²) < 4.78 is 5.86. The molecule has 0 aromatic heterocycles. The van der Waals surface area contributed by atoms with Crippen LogP contribution in [0.1, 0.15) is 42.4 Å². The molecule has 0 saturated carbocycles. The highest BCUT2D eigenvalue weighted by Crippen LogP contribution is 2.31. The molecule has 0 aliphatic carbocycles. The van der Waals surface area contributed by atoms with Crippen LogP contribution in [0.25, 0.3) is 6.08 Å². The summed E-state index contributed by atoms with van der Waals surface area (Å²) >= 11 is 1.50. The number of amidine groups is 1. The summed E-state index contributed by atoms with van der Waals surface area (Å²) in [7, 11) is 0. The maximum atomic E-state index is 12.3. The quantitative estimate of drug-likeness (QED) is 0.636. The van der Waals surface area contributed by atoms with E-state index in [1.807, 2.05) is 30.3 Å². The molecule has 4 nitrogen and oxygen atoms in total. The topological polar surface area (TPSA) is 41.9 Å². The number of hydrogen-bond donors (Lipinski definition) is 0. The first-order chi connectivity index (χ1) is 14.2. The summed E-state index contributed by atoms with van der Waals surface area (Å²) in [5.74, 6) is 0.688. The van der Waals surface area contributed by atoms with Gasteiger partial charge in [0, 0.05) is 13.1 Å². The number of rotatable bonds is 4. The Bertz CT molecular complexity index is 909. The monoisotopic (exact) mass is 406 g/mol. The predicted molar refractivity (Wildman–Crippen MR) is 120 cm³/mol. The van der Waals surface area contributed by atoms with Gasteiger partial charge in [0.25, 0.3) is 5.91 Å². The molecule has 5 heteroatoms. The molecule has 2 heterocycles. The summed E-state index contributed by atoms with van der Waals surface area (Å²) in [6.45, 7) is 4.62. The minimum absolute atomic E-state index is 0.131. The van der Waals surface area contributed by atoms with E-state index in [2.05, 4.69) is 41.1 Å². The number of thioether (sulfide) groups is 1. The van der Waals surface area contributed by atoms with E-state index in [9.17, 15) is 4.79 Å². The molecule has 0 N–H and O–H groups in total. The minimum Gasteiger partial charge on any atom is -0.489 e. The predicted octanol–water partition coefficient (Wildman–Crippen LogP) is 5.42. The van der Waals surface area contributed by atoms with E-state index in [0.29, 0.717) is 11.5 Å². The Morgan fingerprint density at radius 2 is 1.69 bits per heavy atom. The second-order valence-electron chi connectivity index (χ2n) is 7.55. The first-order valence-corrected chi connectivity index (χ1v) is 11.0. The Labute approximate surface area is 176 Å². The Balaban J connectivity index is 1.36. The summed E-state index contributed by atoms with van der Waals surface area (Å²) in [4.78, 5) is 19.6. The van der Waals surface area contributed by atoms with E-state index < -0.39 is 0 Å². The van der Waals surface area contributed by atoms with Crippen LogP contribution in [0.3, 0.4) is 0 Å². The van der Waals surface area contributed by atoms with Crippen molar-refractivity contribution in [1.29, 1.82) is 0 Å². The van der Waals surface area contributed by atoms with Crippen LogP contribution in [0, 0.1) is 6.92 Å². The van der Waals surface area contributed by atoms with Crippen molar-refractivity contribution >= 4 is 28.9 Å². The standard InChI is InChI=1S/C24H26N2O2S/c1-18-6-8-20(9-7-18)17-28-21-12-10-19(11-13-21)16-22-23(27)25-24(29-22)26-14-4-2-3-5-15-26/h6-13,16H,2-5,14-15,17H2,1H3/b22-16-. The molecule has 0 unspecified atom stereocenters. The van der Waals surface area contributed by atoms with Crippen molar-refractivity contribution in [3.8, 4) is 5.75 Å². The van der Waals surface area contributed by atoms with Crippen molar-refractivity contribution in [2.45, 2.75) is 39.2 Å². The summed E-state index contributed by atoms with van der Waals surface area (Å²) in [5.41, 5.74) is 3.37. The molecule has 2 aliphatic heterocycles. The molecular weight excluding hydrogens is 380 g/mol. The third kappa shape index (κ3) is 5.30. The van der Waals surface area contributed by atoms with Crippen LogP contribution in [0.2, 0.25) is 0 Å². The van der Waals surface area contributed by atoms with Crippen molar-refractivity contribution in [2.75, 3.05) is 13.1 Å². The van der Waals surface area contributed by atoms with Gasteiger partial charge in [-0.1, -0.05) is 54.8 Å². The normalized spacial score (nSPS) is 18.7. The zero-order valence-corrected chi connectivity index (χ0v) is 17.6. The summed E-state index contributed by atoms with van der Waals surface area (Å²) in [5, 5.41) is 0.862. The minimum atomic E-state index is -0.131. The third-order valence-corrected chi connectivity index (χ3v) is 6.23. The van der Waals surface area contributed by atoms with Gasteiger partial charge in [-0.15, -0.1) is 0 Å². The van der Waals surface area contributed by atoms with Crippen LogP contribution >= 0.6 is 11.8 Å². The molecule has 2 aromatic rings. The van der Waals surface area contributed by atoms with E-state index in [1.54, 1.807) is 0 Å². The molecule has 1 fully saturated rings.